The molecule has 29 heavy (non-hydrogen) atoms. The molecule has 1 saturated carbocycles. The molecule has 1 aliphatic carbocycles. The summed E-state index contributed by atoms with van der Waals surface area (Å²) in [6.07, 6.45) is 3.71. The van der Waals surface area contributed by atoms with Gasteiger partial charge in [0.1, 0.15) is 5.78 Å². The zero-order chi connectivity index (χ0) is 21.4. The fourth-order valence-electron chi connectivity index (χ4n) is 5.21. The minimum Gasteiger partial charge on any atom is -0.472 e. The van der Waals surface area contributed by atoms with E-state index < -0.39 is 46.7 Å². The molecular formula is C22H28O7. The molecule has 158 valence electrons. The number of carbonyl (C=O) groups is 4. The van der Waals surface area contributed by atoms with Crippen LogP contribution in [0.2, 0.25) is 0 Å². The lowest BCUT2D eigenvalue weighted by molar-refractivity contribution is -0.168. The highest BCUT2D eigenvalue weighted by Gasteiger charge is 2.66. The van der Waals surface area contributed by atoms with E-state index >= 15 is 0 Å². The van der Waals surface area contributed by atoms with E-state index in [0.29, 0.717) is 32.1 Å². The fraction of sp³-hybridized carbons (Fsp3) is 0.636. The lowest BCUT2D eigenvalue weighted by Crippen LogP contribution is -2.54. The SMILES string of the molecule is CC(=O)O[C@@H](C(C)=O)[C@H]1OC(=O)[C@@]2(C)CCC[C@](C)(C(=O)CCc3ccoc3)[C@@H]12. The first-order valence-electron chi connectivity index (χ1n) is 10.0. The second-order valence-electron chi connectivity index (χ2n) is 8.73. The quantitative estimate of drug-likeness (QED) is 0.644. The summed E-state index contributed by atoms with van der Waals surface area (Å²) in [6.45, 7) is 6.17. The van der Waals surface area contributed by atoms with Gasteiger partial charge in [-0.05, 0) is 44.7 Å². The maximum absolute atomic E-state index is 13.4. The van der Waals surface area contributed by atoms with Crippen molar-refractivity contribution in [1.29, 1.82) is 0 Å². The number of ether oxygens (including phenoxy) is 2. The molecular weight excluding hydrogens is 376 g/mol. The molecule has 2 heterocycles. The second kappa shape index (κ2) is 7.76. The van der Waals surface area contributed by atoms with E-state index in [0.717, 1.165) is 5.56 Å². The van der Waals surface area contributed by atoms with Gasteiger partial charge in [0.15, 0.2) is 18.0 Å². The Morgan fingerprint density at radius 3 is 2.55 bits per heavy atom. The number of hydrogen-bond donors (Lipinski definition) is 0. The summed E-state index contributed by atoms with van der Waals surface area (Å²) < 4.78 is 15.9. The Labute approximate surface area is 170 Å². The highest BCUT2D eigenvalue weighted by molar-refractivity contribution is 5.90. The first kappa shape index (κ1) is 21.3. The number of carbonyl (C=O) groups excluding carboxylic acids is 4. The normalized spacial score (nSPS) is 32.2. The minimum atomic E-state index is -1.21. The maximum Gasteiger partial charge on any atom is 0.312 e. The second-order valence-corrected chi connectivity index (χ2v) is 8.73. The number of esters is 2. The summed E-state index contributed by atoms with van der Waals surface area (Å²) in [5.74, 6) is -1.98. The summed E-state index contributed by atoms with van der Waals surface area (Å²) in [4.78, 5) is 50.0. The molecule has 0 unspecified atom stereocenters. The Morgan fingerprint density at radius 2 is 1.97 bits per heavy atom. The Hall–Kier alpha value is -2.44. The van der Waals surface area contributed by atoms with Crippen LogP contribution < -0.4 is 0 Å². The third kappa shape index (κ3) is 3.74. The van der Waals surface area contributed by atoms with E-state index in [4.69, 9.17) is 13.9 Å². The van der Waals surface area contributed by atoms with Gasteiger partial charge in [-0.3, -0.25) is 19.2 Å². The average molecular weight is 404 g/mol. The van der Waals surface area contributed by atoms with Crippen LogP contribution in [-0.4, -0.2) is 35.7 Å². The predicted octanol–water partition coefficient (Wildman–Crippen LogP) is 3.04. The molecule has 0 spiro atoms. The van der Waals surface area contributed by atoms with Crippen LogP contribution in [0.3, 0.4) is 0 Å². The molecule has 2 fully saturated rings. The van der Waals surface area contributed by atoms with Gasteiger partial charge in [-0.25, -0.2) is 0 Å². The van der Waals surface area contributed by atoms with E-state index in [1.807, 2.05) is 13.0 Å². The van der Waals surface area contributed by atoms with Crippen LogP contribution in [-0.2, 0) is 35.1 Å². The fourth-order valence-corrected chi connectivity index (χ4v) is 5.21. The van der Waals surface area contributed by atoms with Crippen LogP contribution in [0.4, 0.5) is 0 Å². The van der Waals surface area contributed by atoms with Crippen LogP contribution in [0, 0.1) is 16.7 Å². The number of fused-ring (bicyclic) bond motifs is 1. The van der Waals surface area contributed by atoms with Crippen molar-refractivity contribution in [2.75, 3.05) is 0 Å². The first-order chi connectivity index (χ1) is 13.6. The molecule has 0 radical (unpaired) electrons. The van der Waals surface area contributed by atoms with E-state index in [-0.39, 0.29) is 5.78 Å². The third-order valence-electron chi connectivity index (χ3n) is 6.65. The molecule has 1 saturated heterocycles. The van der Waals surface area contributed by atoms with Gasteiger partial charge in [0.05, 0.1) is 17.9 Å². The number of hydrogen-bond acceptors (Lipinski definition) is 7. The van der Waals surface area contributed by atoms with Gasteiger partial charge in [-0.1, -0.05) is 13.3 Å². The van der Waals surface area contributed by atoms with E-state index in [2.05, 4.69) is 0 Å². The largest absolute Gasteiger partial charge is 0.472 e. The van der Waals surface area contributed by atoms with Gasteiger partial charge in [-0.2, -0.15) is 0 Å². The molecule has 1 aromatic heterocycles. The van der Waals surface area contributed by atoms with E-state index in [1.165, 1.54) is 13.8 Å². The monoisotopic (exact) mass is 404 g/mol. The van der Waals surface area contributed by atoms with Crippen molar-refractivity contribution in [1.82, 2.24) is 0 Å². The molecule has 7 nitrogen and oxygen atoms in total. The van der Waals surface area contributed by atoms with Gasteiger partial charge < -0.3 is 13.9 Å². The molecule has 0 amide bonds. The molecule has 7 heteroatoms. The Morgan fingerprint density at radius 1 is 1.24 bits per heavy atom. The van der Waals surface area contributed by atoms with E-state index in [1.54, 1.807) is 19.5 Å². The average Bonchev–Trinajstić information content (AvgIpc) is 3.24. The highest BCUT2D eigenvalue weighted by Crippen LogP contribution is 2.59. The highest BCUT2D eigenvalue weighted by atomic mass is 16.6. The number of ketones is 2. The maximum atomic E-state index is 13.4. The zero-order valence-electron chi connectivity index (χ0n) is 17.4. The topological polar surface area (TPSA) is 99.9 Å². The van der Waals surface area contributed by atoms with Crippen molar-refractivity contribution < 1.29 is 33.1 Å². The van der Waals surface area contributed by atoms with Crippen molar-refractivity contribution in [3.05, 3.63) is 24.2 Å². The van der Waals surface area contributed by atoms with Crippen molar-refractivity contribution in [2.45, 2.75) is 72.0 Å². The van der Waals surface area contributed by atoms with Gasteiger partial charge in [0.2, 0.25) is 0 Å². The minimum absolute atomic E-state index is 0.0167. The summed E-state index contributed by atoms with van der Waals surface area (Å²) in [5, 5.41) is 0. The summed E-state index contributed by atoms with van der Waals surface area (Å²) in [6, 6.07) is 1.82. The third-order valence-corrected chi connectivity index (χ3v) is 6.65. The number of Topliss-reactive ketones (excluding diaryl/α,β-unsaturated/α-hetero) is 2. The Balaban J connectivity index is 1.93. The van der Waals surface area contributed by atoms with Crippen molar-refractivity contribution in [2.24, 2.45) is 16.7 Å². The standard InChI is InChI=1S/C22H28O7/c1-13(23)17(28-14(2)24)18-19-21(3,9-5-10-22(19,4)20(26)29-18)16(25)7-6-15-8-11-27-12-15/h8,11-12,17-19H,5-7,9-10H2,1-4H3/t17-,18+,19+,21+,22-/m0/s1. The summed E-state index contributed by atoms with van der Waals surface area (Å²) in [7, 11) is 0. The zero-order valence-corrected chi connectivity index (χ0v) is 17.4. The van der Waals surface area contributed by atoms with Gasteiger partial charge in [0, 0.05) is 24.7 Å². The van der Waals surface area contributed by atoms with Crippen LogP contribution in [0.1, 0.15) is 58.9 Å². The molecule has 1 aliphatic heterocycles. The van der Waals surface area contributed by atoms with Crippen LogP contribution in [0.15, 0.2) is 23.0 Å². The van der Waals surface area contributed by atoms with E-state index in [9.17, 15) is 19.2 Å². The molecule has 0 bridgehead atoms. The smallest absolute Gasteiger partial charge is 0.312 e. The molecule has 3 rings (SSSR count). The number of aryl methyl sites for hydroxylation is 1. The number of furan rings is 1. The summed E-state index contributed by atoms with van der Waals surface area (Å²) >= 11 is 0. The lowest BCUT2D eigenvalue weighted by atomic mass is 9.53. The molecule has 5 atom stereocenters. The molecule has 1 aromatic rings. The first-order valence-corrected chi connectivity index (χ1v) is 10.0. The van der Waals surface area contributed by atoms with Crippen molar-refractivity contribution >= 4 is 23.5 Å². The predicted molar refractivity (Wildman–Crippen MR) is 102 cm³/mol. The van der Waals surface area contributed by atoms with Crippen molar-refractivity contribution in [3.63, 3.8) is 0 Å². The molecule has 2 aliphatic rings. The van der Waals surface area contributed by atoms with Gasteiger partial charge in [0.25, 0.3) is 0 Å². The molecule has 0 aromatic carbocycles. The Kier molecular flexibility index (Phi) is 5.70. The van der Waals surface area contributed by atoms with Crippen LogP contribution in [0.25, 0.3) is 0 Å². The van der Waals surface area contributed by atoms with Crippen molar-refractivity contribution in [3.8, 4) is 0 Å². The van der Waals surface area contributed by atoms with Gasteiger partial charge >= 0.3 is 11.9 Å². The number of cyclic esters (lactones) is 1. The Bertz CT molecular complexity index is 811. The van der Waals surface area contributed by atoms with Gasteiger partial charge in [-0.15, -0.1) is 0 Å². The van der Waals surface area contributed by atoms with Crippen LogP contribution in [0.5, 0.6) is 0 Å². The summed E-state index contributed by atoms with van der Waals surface area (Å²) in [5.41, 5.74) is -0.824. The number of rotatable bonds is 7. The molecule has 0 N–H and O–H groups in total. The lowest BCUT2D eigenvalue weighted by Gasteiger charge is -2.47. The van der Waals surface area contributed by atoms with Crippen LogP contribution >= 0.6 is 0 Å².